The summed E-state index contributed by atoms with van der Waals surface area (Å²) in [5.74, 6) is 0.279. The van der Waals surface area contributed by atoms with E-state index in [0.29, 0.717) is 13.0 Å². The van der Waals surface area contributed by atoms with E-state index in [0.717, 1.165) is 19.3 Å². The highest BCUT2D eigenvalue weighted by Gasteiger charge is 2.30. The fourth-order valence-corrected chi connectivity index (χ4v) is 2.78. The third-order valence-corrected chi connectivity index (χ3v) is 5.28. The Labute approximate surface area is 98.5 Å². The first-order valence-electron chi connectivity index (χ1n) is 5.89. The van der Waals surface area contributed by atoms with Gasteiger partial charge in [-0.2, -0.15) is 0 Å². The molecule has 1 fully saturated rings. The number of sulfonamides is 1. The van der Waals surface area contributed by atoms with Gasteiger partial charge in [-0.05, 0) is 46.0 Å². The quantitative estimate of drug-likeness (QED) is 0.791. The molecule has 0 aromatic rings. The fraction of sp³-hybridized carbons (Fsp3) is 1.00. The summed E-state index contributed by atoms with van der Waals surface area (Å²) in [5.41, 5.74) is 0. The largest absolute Gasteiger partial charge is 0.393 e. The van der Waals surface area contributed by atoms with Gasteiger partial charge in [0.2, 0.25) is 10.0 Å². The van der Waals surface area contributed by atoms with Gasteiger partial charge < -0.3 is 5.11 Å². The first kappa shape index (κ1) is 13.9. The molecular formula is C11H23NO3S. The lowest BCUT2D eigenvalue weighted by atomic mass is 9.87. The maximum atomic E-state index is 11.8. The van der Waals surface area contributed by atoms with Crippen molar-refractivity contribution in [2.24, 2.45) is 5.92 Å². The second kappa shape index (κ2) is 5.02. The second-order valence-corrected chi connectivity index (χ2v) is 8.17. The van der Waals surface area contributed by atoms with Gasteiger partial charge in [-0.1, -0.05) is 6.42 Å². The van der Waals surface area contributed by atoms with Crippen molar-refractivity contribution in [2.75, 3.05) is 6.54 Å². The summed E-state index contributed by atoms with van der Waals surface area (Å²) in [4.78, 5) is 0. The van der Waals surface area contributed by atoms with Gasteiger partial charge in [0.15, 0.2) is 0 Å². The van der Waals surface area contributed by atoms with Crippen LogP contribution in [0.3, 0.4) is 0 Å². The summed E-state index contributed by atoms with van der Waals surface area (Å²) in [6, 6.07) is 0. The number of hydrogen-bond donors (Lipinski definition) is 2. The molecule has 0 heterocycles. The van der Waals surface area contributed by atoms with E-state index < -0.39 is 14.8 Å². The molecule has 5 heteroatoms. The molecule has 0 spiro atoms. The molecule has 1 aliphatic carbocycles. The van der Waals surface area contributed by atoms with Crippen LogP contribution in [0.1, 0.15) is 46.5 Å². The Hall–Kier alpha value is -0.130. The second-order valence-electron chi connectivity index (χ2n) is 5.65. The van der Waals surface area contributed by atoms with Crippen molar-refractivity contribution in [1.82, 2.24) is 4.72 Å². The predicted octanol–water partition coefficient (Wildman–Crippen LogP) is 1.26. The summed E-state index contributed by atoms with van der Waals surface area (Å²) >= 11 is 0. The van der Waals surface area contributed by atoms with Gasteiger partial charge in [-0.15, -0.1) is 0 Å². The Morgan fingerprint density at radius 1 is 1.31 bits per heavy atom. The molecule has 0 saturated heterocycles. The maximum absolute atomic E-state index is 11.8. The Morgan fingerprint density at radius 3 is 2.44 bits per heavy atom. The molecule has 2 N–H and O–H groups in total. The third-order valence-electron chi connectivity index (χ3n) is 3.12. The molecule has 4 nitrogen and oxygen atoms in total. The molecule has 1 rings (SSSR count). The molecule has 96 valence electrons. The Morgan fingerprint density at radius 2 is 1.94 bits per heavy atom. The van der Waals surface area contributed by atoms with Gasteiger partial charge >= 0.3 is 0 Å². The molecule has 0 aromatic carbocycles. The summed E-state index contributed by atoms with van der Waals surface area (Å²) in [7, 11) is -3.25. The van der Waals surface area contributed by atoms with Gasteiger partial charge in [0.1, 0.15) is 0 Å². The van der Waals surface area contributed by atoms with E-state index in [4.69, 9.17) is 0 Å². The van der Waals surface area contributed by atoms with Crippen LogP contribution in [0.2, 0.25) is 0 Å². The van der Waals surface area contributed by atoms with E-state index in [9.17, 15) is 13.5 Å². The van der Waals surface area contributed by atoms with Crippen molar-refractivity contribution in [3.05, 3.63) is 0 Å². The standard InChI is InChI=1S/C11H23NO3S/c1-11(2,3)16(14,15)12-8-9-5-4-6-10(13)7-9/h9-10,12-13H,4-8H2,1-3H3. The van der Waals surface area contributed by atoms with E-state index in [2.05, 4.69) is 4.72 Å². The van der Waals surface area contributed by atoms with Gasteiger partial charge in [0.25, 0.3) is 0 Å². The smallest absolute Gasteiger partial charge is 0.216 e. The van der Waals surface area contributed by atoms with Crippen LogP contribution in [-0.4, -0.2) is 30.9 Å². The average molecular weight is 249 g/mol. The lowest BCUT2D eigenvalue weighted by Crippen LogP contribution is -2.42. The number of aliphatic hydroxyl groups is 1. The minimum atomic E-state index is -3.25. The summed E-state index contributed by atoms with van der Waals surface area (Å²) in [6.07, 6.45) is 3.31. The van der Waals surface area contributed by atoms with Crippen LogP contribution in [0, 0.1) is 5.92 Å². The van der Waals surface area contributed by atoms with Gasteiger partial charge in [-0.25, -0.2) is 13.1 Å². The van der Waals surface area contributed by atoms with Crippen LogP contribution in [-0.2, 0) is 10.0 Å². The normalized spacial score (nSPS) is 28.0. The van der Waals surface area contributed by atoms with Crippen LogP contribution in [0.4, 0.5) is 0 Å². The fourth-order valence-electron chi connectivity index (χ4n) is 1.89. The summed E-state index contributed by atoms with van der Waals surface area (Å²) in [5, 5.41) is 9.49. The zero-order valence-electron chi connectivity index (χ0n) is 10.4. The Balaban J connectivity index is 2.46. The van der Waals surface area contributed by atoms with Crippen molar-refractivity contribution < 1.29 is 13.5 Å². The van der Waals surface area contributed by atoms with Crippen molar-refractivity contribution in [3.8, 4) is 0 Å². The van der Waals surface area contributed by atoms with Crippen LogP contribution >= 0.6 is 0 Å². The maximum Gasteiger partial charge on any atom is 0.216 e. The lowest BCUT2D eigenvalue weighted by molar-refractivity contribution is 0.102. The number of rotatable bonds is 3. The summed E-state index contributed by atoms with van der Waals surface area (Å²) in [6.45, 7) is 5.51. The molecule has 0 radical (unpaired) electrons. The third kappa shape index (κ3) is 3.71. The van der Waals surface area contributed by atoms with E-state index in [1.54, 1.807) is 20.8 Å². The van der Waals surface area contributed by atoms with E-state index in [-0.39, 0.29) is 12.0 Å². The first-order chi connectivity index (χ1) is 7.22. The van der Waals surface area contributed by atoms with Crippen LogP contribution < -0.4 is 4.72 Å². The topological polar surface area (TPSA) is 66.4 Å². The van der Waals surface area contributed by atoms with Crippen molar-refractivity contribution in [2.45, 2.75) is 57.3 Å². The van der Waals surface area contributed by atoms with E-state index in [1.807, 2.05) is 0 Å². The van der Waals surface area contributed by atoms with Crippen LogP contribution in [0.25, 0.3) is 0 Å². The highest BCUT2D eigenvalue weighted by molar-refractivity contribution is 7.90. The predicted molar refractivity (Wildman–Crippen MR) is 64.6 cm³/mol. The number of hydrogen-bond acceptors (Lipinski definition) is 3. The van der Waals surface area contributed by atoms with Crippen molar-refractivity contribution in [1.29, 1.82) is 0 Å². The highest BCUT2D eigenvalue weighted by atomic mass is 32.2. The number of nitrogens with one attached hydrogen (secondary N) is 1. The van der Waals surface area contributed by atoms with Crippen molar-refractivity contribution >= 4 is 10.0 Å². The Kier molecular flexibility index (Phi) is 4.37. The van der Waals surface area contributed by atoms with Gasteiger partial charge in [-0.3, -0.25) is 0 Å². The van der Waals surface area contributed by atoms with E-state index in [1.165, 1.54) is 0 Å². The average Bonchev–Trinajstić information content (AvgIpc) is 2.13. The van der Waals surface area contributed by atoms with E-state index >= 15 is 0 Å². The molecule has 2 unspecified atom stereocenters. The monoisotopic (exact) mass is 249 g/mol. The minimum Gasteiger partial charge on any atom is -0.393 e. The Bertz CT molecular complexity index is 319. The molecule has 0 amide bonds. The lowest BCUT2D eigenvalue weighted by Gasteiger charge is -2.27. The highest BCUT2D eigenvalue weighted by Crippen LogP contribution is 2.24. The number of aliphatic hydroxyl groups excluding tert-OH is 1. The molecule has 1 saturated carbocycles. The molecule has 0 bridgehead atoms. The molecule has 2 atom stereocenters. The summed E-state index contributed by atoms with van der Waals surface area (Å²) < 4.78 is 25.5. The first-order valence-corrected chi connectivity index (χ1v) is 7.38. The molecule has 0 aromatic heterocycles. The minimum absolute atomic E-state index is 0.252. The van der Waals surface area contributed by atoms with Gasteiger partial charge in [0.05, 0.1) is 10.9 Å². The zero-order chi connectivity index (χ0) is 12.4. The van der Waals surface area contributed by atoms with Crippen LogP contribution in [0.15, 0.2) is 0 Å². The van der Waals surface area contributed by atoms with Gasteiger partial charge in [0, 0.05) is 6.54 Å². The molecular weight excluding hydrogens is 226 g/mol. The SMILES string of the molecule is CC(C)(C)S(=O)(=O)NCC1CCCC(O)C1. The molecule has 16 heavy (non-hydrogen) atoms. The molecule has 0 aliphatic heterocycles. The molecule has 1 aliphatic rings. The van der Waals surface area contributed by atoms with Crippen LogP contribution in [0.5, 0.6) is 0 Å². The van der Waals surface area contributed by atoms with Crippen molar-refractivity contribution in [3.63, 3.8) is 0 Å². The zero-order valence-corrected chi connectivity index (χ0v) is 11.2.